The zero-order valence-corrected chi connectivity index (χ0v) is 14.0. The Labute approximate surface area is 148 Å². The summed E-state index contributed by atoms with van der Waals surface area (Å²) in [5, 5.41) is 22.0. The molecule has 1 aliphatic carbocycles. The van der Waals surface area contributed by atoms with E-state index in [4.69, 9.17) is 4.42 Å². The molecular formula is C20H17N3O3. The van der Waals surface area contributed by atoms with Gasteiger partial charge in [-0.3, -0.25) is 9.89 Å². The van der Waals surface area contributed by atoms with Crippen molar-refractivity contribution in [3.05, 3.63) is 53.7 Å². The SMILES string of the molecule is O=C(Cc1cc2c(cc1O)oc1ccccc12)Nc1cc(C2CC2)[nH]n1. The Morgan fingerprint density at radius 3 is 2.88 bits per heavy atom. The maximum absolute atomic E-state index is 12.4. The summed E-state index contributed by atoms with van der Waals surface area (Å²) in [5.41, 5.74) is 2.98. The van der Waals surface area contributed by atoms with Crippen LogP contribution in [0.5, 0.6) is 5.75 Å². The molecule has 1 amide bonds. The van der Waals surface area contributed by atoms with E-state index in [9.17, 15) is 9.90 Å². The quantitative estimate of drug-likeness (QED) is 0.519. The molecule has 2 aromatic heterocycles. The van der Waals surface area contributed by atoms with E-state index in [0.717, 1.165) is 22.0 Å². The van der Waals surface area contributed by atoms with Crippen LogP contribution in [0.3, 0.4) is 0 Å². The molecule has 0 radical (unpaired) electrons. The second-order valence-corrected chi connectivity index (χ2v) is 6.78. The summed E-state index contributed by atoms with van der Waals surface area (Å²) < 4.78 is 5.75. The number of aromatic hydroxyl groups is 1. The van der Waals surface area contributed by atoms with Gasteiger partial charge >= 0.3 is 0 Å². The summed E-state index contributed by atoms with van der Waals surface area (Å²) >= 11 is 0. The lowest BCUT2D eigenvalue weighted by Gasteiger charge is -2.05. The van der Waals surface area contributed by atoms with E-state index in [-0.39, 0.29) is 18.1 Å². The molecule has 3 N–H and O–H groups in total. The fraction of sp³-hybridized carbons (Fsp3) is 0.200. The largest absolute Gasteiger partial charge is 0.508 e. The van der Waals surface area contributed by atoms with Gasteiger partial charge < -0.3 is 14.8 Å². The van der Waals surface area contributed by atoms with Gasteiger partial charge in [-0.1, -0.05) is 18.2 Å². The molecule has 26 heavy (non-hydrogen) atoms. The van der Waals surface area contributed by atoms with Crippen LogP contribution in [0.2, 0.25) is 0 Å². The molecule has 6 heteroatoms. The lowest BCUT2D eigenvalue weighted by atomic mass is 10.1. The molecular weight excluding hydrogens is 330 g/mol. The monoisotopic (exact) mass is 347 g/mol. The average molecular weight is 347 g/mol. The maximum Gasteiger partial charge on any atom is 0.230 e. The highest BCUT2D eigenvalue weighted by molar-refractivity contribution is 6.06. The highest BCUT2D eigenvalue weighted by Gasteiger charge is 2.25. The van der Waals surface area contributed by atoms with E-state index >= 15 is 0 Å². The zero-order chi connectivity index (χ0) is 17.7. The standard InChI is InChI=1S/C20H17N3O3/c24-16-10-18-14(13-3-1-2-4-17(13)26-18)7-12(16)8-20(25)21-19-9-15(22-23-19)11-5-6-11/h1-4,7,9-11,24H,5-6,8H2,(H2,21,22,23,25). The smallest absolute Gasteiger partial charge is 0.230 e. The fourth-order valence-electron chi connectivity index (χ4n) is 3.31. The Morgan fingerprint density at radius 1 is 1.19 bits per heavy atom. The van der Waals surface area contributed by atoms with Crippen LogP contribution in [0.15, 0.2) is 46.9 Å². The first-order valence-corrected chi connectivity index (χ1v) is 8.65. The van der Waals surface area contributed by atoms with Gasteiger partial charge in [-0.25, -0.2) is 0 Å². The Balaban J connectivity index is 1.41. The minimum atomic E-state index is -0.221. The molecule has 2 aromatic carbocycles. The number of phenols is 1. The topological polar surface area (TPSA) is 91.1 Å². The molecule has 2 heterocycles. The van der Waals surface area contributed by atoms with Gasteiger partial charge in [0.15, 0.2) is 5.82 Å². The summed E-state index contributed by atoms with van der Waals surface area (Å²) in [7, 11) is 0. The number of amides is 1. The maximum atomic E-state index is 12.4. The average Bonchev–Trinajstić information content (AvgIpc) is 3.27. The number of nitrogens with zero attached hydrogens (tertiary/aromatic N) is 1. The molecule has 0 bridgehead atoms. The molecule has 0 atom stereocenters. The van der Waals surface area contributed by atoms with E-state index < -0.39 is 0 Å². The minimum absolute atomic E-state index is 0.0485. The van der Waals surface area contributed by atoms with Crippen molar-refractivity contribution in [3.63, 3.8) is 0 Å². The van der Waals surface area contributed by atoms with Crippen LogP contribution < -0.4 is 5.32 Å². The number of furan rings is 1. The lowest BCUT2D eigenvalue weighted by Crippen LogP contribution is -2.14. The molecule has 0 aliphatic heterocycles. The van der Waals surface area contributed by atoms with Crippen LogP contribution in [-0.2, 0) is 11.2 Å². The molecule has 1 saturated carbocycles. The van der Waals surface area contributed by atoms with Crippen LogP contribution in [0.1, 0.15) is 30.0 Å². The summed E-state index contributed by atoms with van der Waals surface area (Å²) in [5.74, 6) is 0.897. The van der Waals surface area contributed by atoms with Gasteiger partial charge in [-0.05, 0) is 25.0 Å². The zero-order valence-electron chi connectivity index (χ0n) is 14.0. The molecule has 0 saturated heterocycles. The van der Waals surface area contributed by atoms with Crippen LogP contribution in [-0.4, -0.2) is 21.2 Å². The minimum Gasteiger partial charge on any atom is -0.508 e. The second-order valence-electron chi connectivity index (χ2n) is 6.78. The Bertz CT molecular complexity index is 1140. The fourth-order valence-corrected chi connectivity index (χ4v) is 3.31. The number of anilines is 1. The molecule has 6 nitrogen and oxygen atoms in total. The lowest BCUT2D eigenvalue weighted by molar-refractivity contribution is -0.115. The van der Waals surface area contributed by atoms with Gasteiger partial charge in [0, 0.05) is 40.1 Å². The Morgan fingerprint density at radius 2 is 2.04 bits per heavy atom. The van der Waals surface area contributed by atoms with Crippen LogP contribution in [0, 0.1) is 0 Å². The van der Waals surface area contributed by atoms with Gasteiger partial charge in [0.05, 0.1) is 6.42 Å². The van der Waals surface area contributed by atoms with E-state index in [1.54, 1.807) is 6.07 Å². The Hall–Kier alpha value is -3.28. The first-order chi connectivity index (χ1) is 12.7. The van der Waals surface area contributed by atoms with Crippen LogP contribution in [0.25, 0.3) is 21.9 Å². The van der Waals surface area contributed by atoms with Gasteiger partial charge in [0.1, 0.15) is 16.9 Å². The van der Waals surface area contributed by atoms with Crippen molar-refractivity contribution in [2.24, 2.45) is 0 Å². The number of hydrogen-bond donors (Lipinski definition) is 3. The number of nitrogens with one attached hydrogen (secondary N) is 2. The van der Waals surface area contributed by atoms with Crippen molar-refractivity contribution in [1.29, 1.82) is 0 Å². The number of hydrogen-bond acceptors (Lipinski definition) is 4. The van der Waals surface area contributed by atoms with Gasteiger partial charge in [0.2, 0.25) is 5.91 Å². The van der Waals surface area contributed by atoms with Crippen molar-refractivity contribution in [1.82, 2.24) is 10.2 Å². The van der Waals surface area contributed by atoms with E-state index in [0.29, 0.717) is 22.9 Å². The number of carbonyl (C=O) groups is 1. The number of aromatic amines is 1. The van der Waals surface area contributed by atoms with Crippen LogP contribution in [0.4, 0.5) is 5.82 Å². The van der Waals surface area contributed by atoms with Crippen molar-refractivity contribution >= 4 is 33.7 Å². The van der Waals surface area contributed by atoms with E-state index in [1.165, 1.54) is 12.8 Å². The third-order valence-electron chi connectivity index (χ3n) is 4.81. The van der Waals surface area contributed by atoms with E-state index in [1.807, 2.05) is 36.4 Å². The summed E-state index contributed by atoms with van der Waals surface area (Å²) in [6.45, 7) is 0. The molecule has 0 spiro atoms. The normalized spacial score (nSPS) is 14.2. The number of benzene rings is 2. The predicted molar refractivity (Wildman–Crippen MR) is 98.3 cm³/mol. The number of rotatable bonds is 4. The molecule has 1 fully saturated rings. The number of para-hydroxylation sites is 1. The first-order valence-electron chi connectivity index (χ1n) is 8.65. The number of phenolic OH excluding ortho intramolecular Hbond substituents is 1. The molecule has 4 aromatic rings. The highest BCUT2D eigenvalue weighted by Crippen LogP contribution is 2.39. The number of aromatic nitrogens is 2. The van der Waals surface area contributed by atoms with Crippen molar-refractivity contribution in [3.8, 4) is 5.75 Å². The number of fused-ring (bicyclic) bond motifs is 3. The second kappa shape index (κ2) is 5.62. The summed E-state index contributed by atoms with van der Waals surface area (Å²) in [6.07, 6.45) is 2.40. The van der Waals surface area contributed by atoms with Crippen molar-refractivity contribution in [2.45, 2.75) is 25.2 Å². The molecule has 1 aliphatic rings. The van der Waals surface area contributed by atoms with Crippen molar-refractivity contribution < 1.29 is 14.3 Å². The third-order valence-corrected chi connectivity index (χ3v) is 4.81. The third kappa shape index (κ3) is 2.60. The molecule has 0 unspecified atom stereocenters. The number of H-pyrrole nitrogens is 1. The summed E-state index contributed by atoms with van der Waals surface area (Å²) in [6, 6.07) is 12.9. The van der Waals surface area contributed by atoms with Gasteiger partial charge in [0.25, 0.3) is 0 Å². The van der Waals surface area contributed by atoms with Gasteiger partial charge in [-0.15, -0.1) is 0 Å². The highest BCUT2D eigenvalue weighted by atomic mass is 16.3. The molecule has 5 rings (SSSR count). The summed E-state index contributed by atoms with van der Waals surface area (Å²) in [4.78, 5) is 12.4. The van der Waals surface area contributed by atoms with Crippen molar-refractivity contribution in [2.75, 3.05) is 5.32 Å². The first kappa shape index (κ1) is 15.0. The number of carbonyl (C=O) groups excluding carboxylic acids is 1. The van der Waals surface area contributed by atoms with E-state index in [2.05, 4.69) is 15.5 Å². The van der Waals surface area contributed by atoms with Crippen LogP contribution >= 0.6 is 0 Å². The Kier molecular flexibility index (Phi) is 3.25. The predicted octanol–water partition coefficient (Wildman–Crippen LogP) is 4.07. The molecule has 130 valence electrons. The van der Waals surface area contributed by atoms with Gasteiger partial charge in [-0.2, -0.15) is 5.10 Å².